The summed E-state index contributed by atoms with van der Waals surface area (Å²) in [6.07, 6.45) is 10.4. The molecule has 1 amide bonds. The molecule has 1 saturated carbocycles. The molecule has 4 atom stereocenters. The molecule has 2 aliphatic rings. The molecule has 7 heteroatoms. The average molecular weight is 462 g/mol. The van der Waals surface area contributed by atoms with Gasteiger partial charge < -0.3 is 16.0 Å². The van der Waals surface area contributed by atoms with Gasteiger partial charge in [0.15, 0.2) is 0 Å². The number of carbonyl (C=O) groups excluding carboxylic acids is 1. The maximum Gasteiger partial charge on any atom is 0.257 e. The van der Waals surface area contributed by atoms with Crippen molar-refractivity contribution >= 4 is 28.2 Å². The maximum atomic E-state index is 14.8. The van der Waals surface area contributed by atoms with Crippen LogP contribution < -0.4 is 16.0 Å². The number of amides is 1. The third-order valence-electron chi connectivity index (χ3n) is 7.43. The molecular formula is C27H32FN5O. The summed E-state index contributed by atoms with van der Waals surface area (Å²) in [5, 5.41) is 3.39. The Morgan fingerprint density at radius 1 is 1.18 bits per heavy atom. The number of fused-ring (bicyclic) bond motifs is 1. The van der Waals surface area contributed by atoms with E-state index >= 15 is 0 Å². The predicted molar refractivity (Wildman–Crippen MR) is 134 cm³/mol. The van der Waals surface area contributed by atoms with Crippen molar-refractivity contribution in [2.75, 3.05) is 16.8 Å². The van der Waals surface area contributed by atoms with Gasteiger partial charge in [0.2, 0.25) is 0 Å². The minimum Gasteiger partial charge on any atom is -0.368 e. The summed E-state index contributed by atoms with van der Waals surface area (Å²) >= 11 is 0. The first-order valence-electron chi connectivity index (χ1n) is 12.3. The van der Waals surface area contributed by atoms with Crippen LogP contribution >= 0.6 is 0 Å². The Bertz CT molecular complexity index is 1200. The number of nitrogens with two attached hydrogens (primary N) is 1. The van der Waals surface area contributed by atoms with Crippen LogP contribution in [0.25, 0.3) is 10.9 Å². The molecule has 2 fully saturated rings. The monoisotopic (exact) mass is 461 g/mol. The number of hydrogen-bond acceptors (Lipinski definition) is 5. The molecule has 5 rings (SSSR count). The molecule has 1 aliphatic carbocycles. The zero-order valence-electron chi connectivity index (χ0n) is 19.8. The Balaban J connectivity index is 1.45. The maximum absolute atomic E-state index is 14.8. The molecule has 3 heterocycles. The van der Waals surface area contributed by atoms with Gasteiger partial charge in [0.1, 0.15) is 5.82 Å². The second-order valence-electron chi connectivity index (χ2n) is 10.1. The highest BCUT2D eigenvalue weighted by Gasteiger charge is 2.28. The van der Waals surface area contributed by atoms with Gasteiger partial charge in [-0.05, 0) is 80.7 Å². The van der Waals surface area contributed by atoms with E-state index in [1.165, 1.54) is 12.1 Å². The second kappa shape index (κ2) is 9.29. The van der Waals surface area contributed by atoms with E-state index in [4.69, 9.17) is 5.73 Å². The summed E-state index contributed by atoms with van der Waals surface area (Å²) in [7, 11) is 0. The summed E-state index contributed by atoms with van der Waals surface area (Å²) in [4.78, 5) is 24.4. The third kappa shape index (κ3) is 4.37. The Hall–Kier alpha value is -3.06. The number of nitrogens with zero attached hydrogens (tertiary/aromatic N) is 3. The number of benzene rings is 1. The van der Waals surface area contributed by atoms with E-state index in [1.807, 2.05) is 12.1 Å². The number of carbonyl (C=O) groups is 1. The van der Waals surface area contributed by atoms with Crippen molar-refractivity contribution < 1.29 is 9.18 Å². The lowest BCUT2D eigenvalue weighted by atomic mass is 9.76. The fourth-order valence-corrected chi connectivity index (χ4v) is 5.80. The molecule has 2 aromatic heterocycles. The number of rotatable bonds is 4. The first-order valence-corrected chi connectivity index (χ1v) is 12.3. The van der Waals surface area contributed by atoms with Gasteiger partial charge in [0, 0.05) is 30.2 Å². The molecule has 178 valence electrons. The van der Waals surface area contributed by atoms with Crippen molar-refractivity contribution in [3.63, 3.8) is 0 Å². The lowest BCUT2D eigenvalue weighted by Gasteiger charge is -2.32. The zero-order chi connectivity index (χ0) is 23.8. The Labute approximate surface area is 199 Å². The van der Waals surface area contributed by atoms with E-state index in [1.54, 1.807) is 18.6 Å². The van der Waals surface area contributed by atoms with E-state index in [-0.39, 0.29) is 23.7 Å². The fourth-order valence-electron chi connectivity index (χ4n) is 5.80. The van der Waals surface area contributed by atoms with Crippen molar-refractivity contribution in [2.45, 2.75) is 64.0 Å². The van der Waals surface area contributed by atoms with E-state index < -0.39 is 0 Å². The predicted octanol–water partition coefficient (Wildman–Crippen LogP) is 5.24. The van der Waals surface area contributed by atoms with Crippen LogP contribution in [0.5, 0.6) is 0 Å². The number of hydrogen-bond donors (Lipinski definition) is 2. The largest absolute Gasteiger partial charge is 0.368 e. The molecule has 0 unspecified atom stereocenters. The van der Waals surface area contributed by atoms with Crippen LogP contribution in [0.4, 0.5) is 15.8 Å². The Morgan fingerprint density at radius 2 is 2.03 bits per heavy atom. The van der Waals surface area contributed by atoms with Gasteiger partial charge in [-0.1, -0.05) is 6.92 Å². The summed E-state index contributed by atoms with van der Waals surface area (Å²) in [5.41, 5.74) is 9.63. The van der Waals surface area contributed by atoms with Crippen LogP contribution in [-0.4, -0.2) is 34.5 Å². The third-order valence-corrected chi connectivity index (χ3v) is 7.43. The van der Waals surface area contributed by atoms with Gasteiger partial charge in [-0.2, -0.15) is 0 Å². The van der Waals surface area contributed by atoms with Crippen LogP contribution in [0.2, 0.25) is 0 Å². The molecule has 0 radical (unpaired) electrons. The molecule has 34 heavy (non-hydrogen) atoms. The van der Waals surface area contributed by atoms with Crippen molar-refractivity contribution in [3.05, 3.63) is 59.8 Å². The van der Waals surface area contributed by atoms with E-state index in [0.717, 1.165) is 49.9 Å². The molecule has 1 aromatic carbocycles. The first-order chi connectivity index (χ1) is 16.4. The normalized spacial score (nSPS) is 25.0. The van der Waals surface area contributed by atoms with Crippen LogP contribution in [0.15, 0.2) is 42.9 Å². The van der Waals surface area contributed by atoms with Crippen molar-refractivity contribution in [1.82, 2.24) is 9.97 Å². The molecule has 1 aliphatic heterocycles. The van der Waals surface area contributed by atoms with Crippen LogP contribution in [0, 0.1) is 11.7 Å². The summed E-state index contributed by atoms with van der Waals surface area (Å²) < 4.78 is 14.8. The van der Waals surface area contributed by atoms with Crippen molar-refractivity contribution in [2.24, 2.45) is 11.7 Å². The Morgan fingerprint density at radius 3 is 2.79 bits per heavy atom. The zero-order valence-corrected chi connectivity index (χ0v) is 19.8. The highest BCUT2D eigenvalue weighted by atomic mass is 19.1. The van der Waals surface area contributed by atoms with Gasteiger partial charge in [0.05, 0.1) is 34.8 Å². The standard InChI is InChI=1S/C27H32FN5O/c1-16-10-18(12-19(29)11-16)21-7-8-30-15-25(21)32-27(34)22-5-6-24(28)23-13-20(14-31-26(22)23)33-9-3-4-17(33)2/h5-8,13-19H,3-4,9-12,29H2,1-2H3,(H,32,34)/t16-,17+,18+,19-/m0/s1. The van der Waals surface area contributed by atoms with Crippen LogP contribution in [0.3, 0.4) is 0 Å². The minimum atomic E-state index is -0.375. The number of anilines is 2. The molecule has 6 nitrogen and oxygen atoms in total. The number of nitrogens with one attached hydrogen (secondary N) is 1. The number of pyridine rings is 2. The van der Waals surface area contributed by atoms with Crippen molar-refractivity contribution in [1.29, 1.82) is 0 Å². The molecule has 3 N–H and O–H groups in total. The van der Waals surface area contributed by atoms with E-state index in [9.17, 15) is 9.18 Å². The first kappa shape index (κ1) is 22.7. The number of halogens is 1. The quantitative estimate of drug-likeness (QED) is 0.555. The summed E-state index contributed by atoms with van der Waals surface area (Å²) in [6, 6.07) is 7.19. The number of aromatic nitrogens is 2. The van der Waals surface area contributed by atoms with Gasteiger partial charge in [-0.25, -0.2) is 4.39 Å². The highest BCUT2D eigenvalue weighted by Crippen LogP contribution is 2.38. The van der Waals surface area contributed by atoms with Crippen molar-refractivity contribution in [3.8, 4) is 0 Å². The fraction of sp³-hybridized carbons (Fsp3) is 0.444. The molecule has 1 saturated heterocycles. The summed E-state index contributed by atoms with van der Waals surface area (Å²) in [6.45, 7) is 5.32. The lowest BCUT2D eigenvalue weighted by Crippen LogP contribution is -2.31. The molecular weight excluding hydrogens is 429 g/mol. The topological polar surface area (TPSA) is 84.1 Å². The molecule has 0 bridgehead atoms. The van der Waals surface area contributed by atoms with Crippen LogP contribution in [-0.2, 0) is 0 Å². The van der Waals surface area contributed by atoms with Crippen LogP contribution in [0.1, 0.15) is 67.8 Å². The minimum absolute atomic E-state index is 0.156. The van der Waals surface area contributed by atoms with E-state index in [0.29, 0.717) is 34.1 Å². The van der Waals surface area contributed by atoms with E-state index in [2.05, 4.69) is 34.0 Å². The molecule has 0 spiro atoms. The smallest absolute Gasteiger partial charge is 0.257 e. The van der Waals surface area contributed by atoms with Gasteiger partial charge in [-0.3, -0.25) is 14.8 Å². The summed E-state index contributed by atoms with van der Waals surface area (Å²) in [5.74, 6) is 0.107. The average Bonchev–Trinajstić information content (AvgIpc) is 3.24. The SMILES string of the molecule is C[C@@H]1C[C@H](N)C[C@H](c2ccncc2NC(=O)c2ccc(F)c3cc(N4CCC[C@H]4C)cnc23)C1. The molecule has 3 aromatic rings. The Kier molecular flexibility index (Phi) is 6.21. The van der Waals surface area contributed by atoms with Gasteiger partial charge >= 0.3 is 0 Å². The van der Waals surface area contributed by atoms with Gasteiger partial charge in [-0.15, -0.1) is 0 Å². The second-order valence-corrected chi connectivity index (χ2v) is 10.1. The lowest BCUT2D eigenvalue weighted by molar-refractivity contribution is 0.102. The highest BCUT2D eigenvalue weighted by molar-refractivity contribution is 6.12. The van der Waals surface area contributed by atoms with Gasteiger partial charge in [0.25, 0.3) is 5.91 Å².